The summed E-state index contributed by atoms with van der Waals surface area (Å²) in [5, 5.41) is 12.6. The number of rotatable bonds is 5. The van der Waals surface area contributed by atoms with Crippen molar-refractivity contribution in [1.29, 1.82) is 5.26 Å². The number of hydrogen-bond acceptors (Lipinski definition) is 5. The number of nitrogens with zero attached hydrogens (tertiary/aromatic N) is 3. The largest absolute Gasteiger partial charge is 0.334 e. The molecule has 2 aliphatic rings. The van der Waals surface area contributed by atoms with Crippen LogP contribution in [0.1, 0.15) is 73.8 Å². The molecule has 2 aliphatic carbocycles. The fourth-order valence-electron chi connectivity index (χ4n) is 4.02. The Hall–Kier alpha value is -2.95. The highest BCUT2D eigenvalue weighted by molar-refractivity contribution is 6.05. The summed E-state index contributed by atoms with van der Waals surface area (Å²) in [7, 11) is 0. The van der Waals surface area contributed by atoms with Gasteiger partial charge in [-0.15, -0.1) is 0 Å². The number of nitrogens with one attached hydrogen (secondary N) is 2. The van der Waals surface area contributed by atoms with Gasteiger partial charge < -0.3 is 5.32 Å². The normalized spacial score (nSPS) is 18.1. The van der Waals surface area contributed by atoms with Crippen LogP contribution in [0.15, 0.2) is 15.7 Å². The van der Waals surface area contributed by atoms with E-state index in [0.717, 1.165) is 31.4 Å². The van der Waals surface area contributed by atoms with E-state index in [-0.39, 0.29) is 22.5 Å². The molecule has 2 saturated carbocycles. The summed E-state index contributed by atoms with van der Waals surface area (Å²) in [6, 6.07) is 3.90. The van der Waals surface area contributed by atoms with Gasteiger partial charge in [-0.05, 0) is 51.0 Å². The van der Waals surface area contributed by atoms with Crippen LogP contribution in [-0.4, -0.2) is 26.0 Å². The summed E-state index contributed by atoms with van der Waals surface area (Å²) in [6.07, 6.45) is 5.61. The summed E-state index contributed by atoms with van der Waals surface area (Å²) in [6.45, 7) is 2.33. The van der Waals surface area contributed by atoms with Crippen LogP contribution in [0.5, 0.6) is 0 Å². The number of carbonyl (C=O) groups excluding carboxylic acids is 1. The maximum atomic E-state index is 13.2. The molecule has 28 heavy (non-hydrogen) atoms. The Bertz CT molecular complexity index is 1100. The molecule has 2 heterocycles. The first-order valence-corrected chi connectivity index (χ1v) is 9.89. The predicted molar refractivity (Wildman–Crippen MR) is 103 cm³/mol. The van der Waals surface area contributed by atoms with E-state index in [1.54, 1.807) is 6.07 Å². The number of aromatic nitrogens is 3. The summed E-state index contributed by atoms with van der Waals surface area (Å²) < 4.78 is 1.43. The molecule has 0 atom stereocenters. The van der Waals surface area contributed by atoms with Gasteiger partial charge in [-0.1, -0.05) is 6.92 Å². The van der Waals surface area contributed by atoms with Crippen molar-refractivity contribution < 1.29 is 4.79 Å². The Balaban J connectivity index is 1.90. The molecule has 2 fully saturated rings. The van der Waals surface area contributed by atoms with Crippen LogP contribution in [0, 0.1) is 11.3 Å². The molecular formula is C20H23N5O3. The molecule has 146 valence electrons. The molecule has 2 aromatic heterocycles. The van der Waals surface area contributed by atoms with E-state index >= 15 is 0 Å². The van der Waals surface area contributed by atoms with E-state index < -0.39 is 22.7 Å². The Labute approximate surface area is 161 Å². The molecular weight excluding hydrogens is 358 g/mol. The molecule has 2 aromatic rings. The SMILES string of the molecule is CCCn1c(=O)[nH]c(=O)c2c(C(=O)NC3(C#N)CCCC3)cc(C3CC3)nc21. The highest BCUT2D eigenvalue weighted by Gasteiger charge is 2.37. The summed E-state index contributed by atoms with van der Waals surface area (Å²) >= 11 is 0. The zero-order valence-corrected chi connectivity index (χ0v) is 15.9. The Morgan fingerprint density at radius 3 is 2.71 bits per heavy atom. The molecule has 4 rings (SSSR count). The minimum atomic E-state index is -0.892. The molecule has 0 spiro atoms. The third-order valence-corrected chi connectivity index (χ3v) is 5.68. The van der Waals surface area contributed by atoms with E-state index in [4.69, 9.17) is 0 Å². The third-order valence-electron chi connectivity index (χ3n) is 5.68. The van der Waals surface area contributed by atoms with E-state index in [9.17, 15) is 19.6 Å². The molecule has 0 radical (unpaired) electrons. The Morgan fingerprint density at radius 2 is 2.11 bits per heavy atom. The van der Waals surface area contributed by atoms with Gasteiger partial charge in [0.25, 0.3) is 11.5 Å². The quantitative estimate of drug-likeness (QED) is 0.820. The van der Waals surface area contributed by atoms with Crippen molar-refractivity contribution in [1.82, 2.24) is 19.9 Å². The first kappa shape index (κ1) is 18.4. The average Bonchev–Trinajstić information content (AvgIpc) is 3.43. The minimum absolute atomic E-state index is 0.112. The minimum Gasteiger partial charge on any atom is -0.334 e. The number of nitriles is 1. The second-order valence-corrected chi connectivity index (χ2v) is 7.83. The highest BCUT2D eigenvalue weighted by Crippen LogP contribution is 2.40. The smallest absolute Gasteiger partial charge is 0.329 e. The molecule has 2 N–H and O–H groups in total. The van der Waals surface area contributed by atoms with Gasteiger partial charge in [-0.2, -0.15) is 5.26 Å². The van der Waals surface area contributed by atoms with E-state index in [0.29, 0.717) is 25.8 Å². The van der Waals surface area contributed by atoms with Gasteiger partial charge in [0.1, 0.15) is 5.54 Å². The molecule has 0 aliphatic heterocycles. The summed E-state index contributed by atoms with van der Waals surface area (Å²) in [4.78, 5) is 45.0. The molecule has 0 aromatic carbocycles. The zero-order chi connectivity index (χ0) is 19.9. The monoisotopic (exact) mass is 381 g/mol. The molecule has 8 nitrogen and oxygen atoms in total. The average molecular weight is 381 g/mol. The Kier molecular flexibility index (Phi) is 4.53. The molecule has 0 bridgehead atoms. The van der Waals surface area contributed by atoms with Gasteiger partial charge in [0.2, 0.25) is 0 Å². The van der Waals surface area contributed by atoms with Gasteiger partial charge in [0.15, 0.2) is 5.65 Å². The second-order valence-electron chi connectivity index (χ2n) is 7.83. The molecule has 0 saturated heterocycles. The first-order chi connectivity index (χ1) is 13.5. The van der Waals surface area contributed by atoms with Gasteiger partial charge in [0.05, 0.1) is 17.0 Å². The van der Waals surface area contributed by atoms with E-state index in [1.165, 1.54) is 4.57 Å². The summed E-state index contributed by atoms with van der Waals surface area (Å²) in [5.41, 5.74) is -0.857. The van der Waals surface area contributed by atoms with Crippen LogP contribution in [0.2, 0.25) is 0 Å². The van der Waals surface area contributed by atoms with Crippen LogP contribution < -0.4 is 16.6 Å². The number of aromatic amines is 1. The number of carbonyl (C=O) groups is 1. The van der Waals surface area contributed by atoms with Gasteiger partial charge in [0, 0.05) is 18.2 Å². The van der Waals surface area contributed by atoms with Crippen LogP contribution in [0.3, 0.4) is 0 Å². The lowest BCUT2D eigenvalue weighted by Crippen LogP contribution is -2.45. The van der Waals surface area contributed by atoms with Gasteiger partial charge >= 0.3 is 5.69 Å². The third kappa shape index (κ3) is 3.11. The fraction of sp³-hybridized carbons (Fsp3) is 0.550. The fourth-order valence-corrected chi connectivity index (χ4v) is 4.02. The van der Waals surface area contributed by atoms with Gasteiger partial charge in [-0.3, -0.25) is 19.1 Å². The number of fused-ring (bicyclic) bond motifs is 1. The van der Waals surface area contributed by atoms with Crippen molar-refractivity contribution in [2.24, 2.45) is 0 Å². The standard InChI is InChI=1S/C20H23N5O3/c1-2-9-25-16-15(18(27)23-19(25)28)13(10-14(22-16)12-5-6-12)17(26)24-20(11-21)7-3-4-8-20/h10,12H,2-9H2,1H3,(H,24,26)(H,23,27,28). The first-order valence-electron chi connectivity index (χ1n) is 9.89. The highest BCUT2D eigenvalue weighted by atomic mass is 16.2. The van der Waals surface area contributed by atoms with Crippen molar-refractivity contribution in [3.8, 4) is 6.07 Å². The zero-order valence-electron chi connectivity index (χ0n) is 15.9. The Morgan fingerprint density at radius 1 is 1.39 bits per heavy atom. The van der Waals surface area contributed by atoms with Crippen molar-refractivity contribution in [2.75, 3.05) is 0 Å². The lowest BCUT2D eigenvalue weighted by atomic mass is 9.98. The van der Waals surface area contributed by atoms with E-state index in [2.05, 4.69) is 21.4 Å². The number of hydrogen-bond donors (Lipinski definition) is 2. The van der Waals surface area contributed by atoms with Crippen molar-refractivity contribution >= 4 is 16.9 Å². The summed E-state index contributed by atoms with van der Waals surface area (Å²) in [5.74, 6) is -0.207. The maximum absolute atomic E-state index is 13.2. The second kappa shape index (κ2) is 6.89. The van der Waals surface area contributed by atoms with Crippen LogP contribution in [0.25, 0.3) is 11.0 Å². The van der Waals surface area contributed by atoms with Gasteiger partial charge in [-0.25, -0.2) is 9.78 Å². The van der Waals surface area contributed by atoms with Crippen LogP contribution in [-0.2, 0) is 6.54 Å². The number of pyridine rings is 1. The van der Waals surface area contributed by atoms with Crippen LogP contribution in [0.4, 0.5) is 0 Å². The number of amides is 1. The maximum Gasteiger partial charge on any atom is 0.329 e. The lowest BCUT2D eigenvalue weighted by molar-refractivity contribution is 0.0922. The van der Waals surface area contributed by atoms with Crippen molar-refractivity contribution in [3.05, 3.63) is 38.2 Å². The molecule has 0 unspecified atom stereocenters. The lowest BCUT2D eigenvalue weighted by Gasteiger charge is -2.22. The van der Waals surface area contributed by atoms with Crippen molar-refractivity contribution in [3.63, 3.8) is 0 Å². The van der Waals surface area contributed by atoms with E-state index in [1.807, 2.05) is 6.92 Å². The van der Waals surface area contributed by atoms with Crippen LogP contribution >= 0.6 is 0 Å². The van der Waals surface area contributed by atoms with Crippen molar-refractivity contribution in [2.45, 2.75) is 69.9 Å². The molecule has 1 amide bonds. The molecule has 8 heteroatoms. The number of H-pyrrole nitrogens is 1. The topological polar surface area (TPSA) is 121 Å². The number of aryl methyl sites for hydroxylation is 1. The predicted octanol–water partition coefficient (Wildman–Crippen LogP) is 1.94.